The van der Waals surface area contributed by atoms with Gasteiger partial charge in [-0.25, -0.2) is 24.7 Å². The first-order valence-electron chi connectivity index (χ1n) is 18.7. The highest BCUT2D eigenvalue weighted by Crippen LogP contribution is 2.43. The lowest BCUT2D eigenvalue weighted by molar-refractivity contribution is -0.0302. The lowest BCUT2D eigenvalue weighted by atomic mass is 9.84. The predicted octanol–water partition coefficient (Wildman–Crippen LogP) is 9.23. The van der Waals surface area contributed by atoms with Crippen molar-refractivity contribution in [3.8, 4) is 28.4 Å². The number of carbonyl (C=O) groups excluding carboxylic acids is 1. The topological polar surface area (TPSA) is 152 Å². The van der Waals surface area contributed by atoms with Gasteiger partial charge in [0.05, 0.1) is 46.9 Å². The third-order valence-corrected chi connectivity index (χ3v) is 15.7. The number of rotatable bonds is 12. The van der Waals surface area contributed by atoms with Gasteiger partial charge in [0.15, 0.2) is 14.1 Å². The standard InChI is InChI=1S/C40H54ClN7O5Si/c1-22-33(32-23(2)47-52-24(32)3)45-36(46-37(22)48-20-26-19-43-35(25-12-13-25)44-30(26)21-48)28-18-27(14-15-29(28)41)51-34(39(4,5)6)31(16-17-50-38(42)49)53-54(10,11)40(7,8)9/h14-15,18-19,25,31,34H,12-13,16-17,20-21H2,1-11H3,(H2,42,49)/t31-,34?/m1/s1. The fraction of sp³-hybridized carbons (Fsp3) is 0.550. The summed E-state index contributed by atoms with van der Waals surface area (Å²) >= 11 is 7.00. The first-order valence-corrected chi connectivity index (χ1v) is 22.0. The van der Waals surface area contributed by atoms with Crippen molar-refractivity contribution in [3.63, 3.8) is 0 Å². The van der Waals surface area contributed by atoms with Gasteiger partial charge in [0.25, 0.3) is 0 Å². The lowest BCUT2D eigenvalue weighted by Gasteiger charge is -2.44. The Morgan fingerprint density at radius 3 is 2.41 bits per heavy atom. The molecular weight excluding hydrogens is 722 g/mol. The summed E-state index contributed by atoms with van der Waals surface area (Å²) in [5.41, 5.74) is 10.9. The fourth-order valence-electron chi connectivity index (χ4n) is 6.66. The maximum atomic E-state index is 11.5. The molecule has 2 N–H and O–H groups in total. The molecule has 1 aromatic carbocycles. The Hall–Kier alpha value is -4.07. The number of nitrogens with zero attached hydrogens (tertiary/aromatic N) is 6. The van der Waals surface area contributed by atoms with Crippen LogP contribution in [0.2, 0.25) is 23.2 Å². The third kappa shape index (κ3) is 8.42. The van der Waals surface area contributed by atoms with Crippen molar-refractivity contribution in [2.45, 2.75) is 131 Å². The summed E-state index contributed by atoms with van der Waals surface area (Å²) in [5.74, 6) is 3.86. The third-order valence-electron chi connectivity index (χ3n) is 10.8. The van der Waals surface area contributed by atoms with E-state index in [1.807, 2.05) is 45.2 Å². The minimum Gasteiger partial charge on any atom is -0.487 e. The molecule has 4 aromatic rings. The van der Waals surface area contributed by atoms with Crippen LogP contribution in [0.15, 0.2) is 28.9 Å². The van der Waals surface area contributed by atoms with Gasteiger partial charge in [-0.1, -0.05) is 58.3 Å². The Kier molecular flexibility index (Phi) is 10.9. The van der Waals surface area contributed by atoms with Crippen molar-refractivity contribution in [2.75, 3.05) is 11.5 Å². The summed E-state index contributed by atoms with van der Waals surface area (Å²) in [4.78, 5) is 33.7. The molecule has 1 fully saturated rings. The Bertz CT molecular complexity index is 2020. The number of hydrogen-bond donors (Lipinski definition) is 1. The number of primary amides is 1. The van der Waals surface area contributed by atoms with Crippen molar-refractivity contribution in [1.29, 1.82) is 0 Å². The largest absolute Gasteiger partial charge is 0.487 e. The molecule has 14 heteroatoms. The molecule has 1 aliphatic carbocycles. The predicted molar refractivity (Wildman–Crippen MR) is 212 cm³/mol. The van der Waals surface area contributed by atoms with Crippen LogP contribution in [0.1, 0.15) is 101 Å². The molecule has 3 aromatic heterocycles. The van der Waals surface area contributed by atoms with Gasteiger partial charge in [-0.2, -0.15) is 0 Å². The second kappa shape index (κ2) is 14.9. The summed E-state index contributed by atoms with van der Waals surface area (Å²) in [6.07, 6.45) is 3.01. The normalized spacial score (nSPS) is 16.0. The Morgan fingerprint density at radius 1 is 1.07 bits per heavy atom. The molecule has 0 saturated heterocycles. The number of aryl methyl sites for hydroxylation is 2. The molecule has 290 valence electrons. The highest BCUT2D eigenvalue weighted by Gasteiger charge is 2.44. The van der Waals surface area contributed by atoms with E-state index in [1.165, 1.54) is 0 Å². The number of amides is 1. The number of aromatic nitrogens is 5. The van der Waals surface area contributed by atoms with Crippen molar-refractivity contribution < 1.29 is 23.2 Å². The highest BCUT2D eigenvalue weighted by molar-refractivity contribution is 6.74. The van der Waals surface area contributed by atoms with Gasteiger partial charge in [0.1, 0.15) is 29.3 Å². The first-order chi connectivity index (χ1) is 25.2. The van der Waals surface area contributed by atoms with E-state index in [0.29, 0.717) is 53.3 Å². The number of fused-ring (bicyclic) bond motifs is 1. The summed E-state index contributed by atoms with van der Waals surface area (Å²) in [5, 5.41) is 4.66. The van der Waals surface area contributed by atoms with E-state index in [1.54, 1.807) is 0 Å². The molecule has 2 atom stereocenters. The maximum Gasteiger partial charge on any atom is 0.404 e. The highest BCUT2D eigenvalue weighted by atomic mass is 35.5. The summed E-state index contributed by atoms with van der Waals surface area (Å²) in [6.45, 7) is 24.5. The zero-order valence-corrected chi connectivity index (χ0v) is 35.2. The molecule has 0 radical (unpaired) electrons. The molecule has 1 saturated carbocycles. The van der Waals surface area contributed by atoms with Crippen LogP contribution in [0.5, 0.6) is 5.75 Å². The lowest BCUT2D eigenvalue weighted by Crippen LogP contribution is -2.52. The van der Waals surface area contributed by atoms with Crippen LogP contribution >= 0.6 is 11.6 Å². The molecule has 1 amide bonds. The zero-order chi connectivity index (χ0) is 39.3. The number of halogens is 1. The van der Waals surface area contributed by atoms with Crippen LogP contribution in [0, 0.1) is 26.2 Å². The fourth-order valence-corrected chi connectivity index (χ4v) is 8.22. The molecule has 0 spiro atoms. The number of nitrogens with two attached hydrogens (primary N) is 1. The number of benzene rings is 1. The van der Waals surface area contributed by atoms with Crippen LogP contribution in [-0.4, -0.2) is 58.3 Å². The van der Waals surface area contributed by atoms with Gasteiger partial charge in [0.2, 0.25) is 0 Å². The molecule has 12 nitrogen and oxygen atoms in total. The average Bonchev–Trinajstić information content (AvgIpc) is 3.76. The van der Waals surface area contributed by atoms with E-state index < -0.39 is 26.6 Å². The molecule has 1 aliphatic heterocycles. The molecule has 1 unspecified atom stereocenters. The second-order valence-electron chi connectivity index (χ2n) is 17.3. The van der Waals surface area contributed by atoms with Gasteiger partial charge < -0.3 is 29.1 Å². The van der Waals surface area contributed by atoms with Gasteiger partial charge in [-0.05, 0) is 69.9 Å². The molecule has 4 heterocycles. The van der Waals surface area contributed by atoms with Gasteiger partial charge >= 0.3 is 6.09 Å². The number of ether oxygens (including phenoxy) is 2. The quantitative estimate of drug-likeness (QED) is 0.137. The molecule has 54 heavy (non-hydrogen) atoms. The molecular formula is C40H54ClN7O5Si. The maximum absolute atomic E-state index is 11.5. The number of hydrogen-bond acceptors (Lipinski definition) is 11. The van der Waals surface area contributed by atoms with Gasteiger partial charge in [-0.3, -0.25) is 0 Å². The van der Waals surface area contributed by atoms with Gasteiger partial charge in [0, 0.05) is 47.2 Å². The van der Waals surface area contributed by atoms with Crippen LogP contribution in [0.3, 0.4) is 0 Å². The average molecular weight is 776 g/mol. The number of carbonyl (C=O) groups is 1. The van der Waals surface area contributed by atoms with Crippen LogP contribution in [0.4, 0.5) is 10.6 Å². The van der Waals surface area contributed by atoms with E-state index in [2.05, 4.69) is 69.7 Å². The summed E-state index contributed by atoms with van der Waals surface area (Å²) in [7, 11) is -2.29. The second-order valence-corrected chi connectivity index (χ2v) is 22.5. The Balaban J connectivity index is 1.40. The van der Waals surface area contributed by atoms with Crippen molar-refractivity contribution in [2.24, 2.45) is 11.1 Å². The van der Waals surface area contributed by atoms with E-state index in [-0.39, 0.29) is 17.1 Å². The van der Waals surface area contributed by atoms with Crippen LogP contribution in [-0.2, 0) is 22.3 Å². The SMILES string of the molecule is Cc1noc(C)c1-c1nc(-c2cc(OC([C@@H](CCOC(N)=O)O[Si](C)(C)C(C)(C)C)C(C)(C)C)ccc2Cl)nc(N2Cc3cnc(C4CC4)nc3C2)c1C. The van der Waals surface area contributed by atoms with Crippen molar-refractivity contribution in [3.05, 3.63) is 63.5 Å². The van der Waals surface area contributed by atoms with E-state index >= 15 is 0 Å². The summed E-state index contributed by atoms with van der Waals surface area (Å²) < 4.78 is 24.7. The van der Waals surface area contributed by atoms with E-state index in [0.717, 1.165) is 58.3 Å². The molecule has 6 rings (SSSR count). The zero-order valence-electron chi connectivity index (χ0n) is 33.5. The Morgan fingerprint density at radius 2 is 1.80 bits per heavy atom. The van der Waals surface area contributed by atoms with Gasteiger partial charge in [-0.15, -0.1) is 0 Å². The smallest absolute Gasteiger partial charge is 0.404 e. The van der Waals surface area contributed by atoms with E-state index in [9.17, 15) is 4.79 Å². The van der Waals surface area contributed by atoms with E-state index in [4.69, 9.17) is 50.7 Å². The van der Waals surface area contributed by atoms with Crippen molar-refractivity contribution in [1.82, 2.24) is 25.1 Å². The molecule has 2 aliphatic rings. The minimum atomic E-state index is -2.29. The first kappa shape index (κ1) is 39.6. The van der Waals surface area contributed by atoms with Crippen molar-refractivity contribution >= 4 is 31.8 Å². The Labute approximate surface area is 324 Å². The molecule has 0 bridgehead atoms. The summed E-state index contributed by atoms with van der Waals surface area (Å²) in [6, 6.07) is 5.55. The van der Waals surface area contributed by atoms with Crippen LogP contribution in [0.25, 0.3) is 22.6 Å². The number of anilines is 1. The van der Waals surface area contributed by atoms with Crippen LogP contribution < -0.4 is 15.4 Å². The minimum absolute atomic E-state index is 0.0616. The monoisotopic (exact) mass is 775 g/mol.